The SMILES string of the molecule is CCOCCC(CCCOC(=O)O)OCC(CC)OCC. The van der Waals surface area contributed by atoms with Crippen molar-refractivity contribution in [3.8, 4) is 0 Å². The standard InChI is InChI=1S/C15H30O6/c1-4-13(19-6-3)12-21-14(9-11-18-5-2)8-7-10-20-15(16)17/h13-14H,4-12H2,1-3H3,(H,16,17). The van der Waals surface area contributed by atoms with Crippen molar-refractivity contribution in [2.75, 3.05) is 33.0 Å². The lowest BCUT2D eigenvalue weighted by Crippen LogP contribution is -2.25. The van der Waals surface area contributed by atoms with Gasteiger partial charge in [0, 0.05) is 19.8 Å². The monoisotopic (exact) mass is 306 g/mol. The van der Waals surface area contributed by atoms with Crippen LogP contribution in [-0.4, -0.2) is 56.5 Å². The maximum absolute atomic E-state index is 10.3. The van der Waals surface area contributed by atoms with Crippen LogP contribution < -0.4 is 0 Å². The quantitative estimate of drug-likeness (QED) is 0.393. The van der Waals surface area contributed by atoms with Gasteiger partial charge >= 0.3 is 6.16 Å². The van der Waals surface area contributed by atoms with E-state index >= 15 is 0 Å². The van der Waals surface area contributed by atoms with E-state index in [1.165, 1.54) is 0 Å². The second-order valence-electron chi connectivity index (χ2n) is 4.68. The first-order chi connectivity index (χ1) is 10.1. The third kappa shape index (κ3) is 12.6. The van der Waals surface area contributed by atoms with Gasteiger partial charge < -0.3 is 24.1 Å². The highest BCUT2D eigenvalue weighted by Gasteiger charge is 2.13. The Morgan fingerprint density at radius 2 is 1.76 bits per heavy atom. The maximum atomic E-state index is 10.3. The van der Waals surface area contributed by atoms with Gasteiger partial charge in [-0.2, -0.15) is 0 Å². The largest absolute Gasteiger partial charge is 0.505 e. The number of carbonyl (C=O) groups is 1. The van der Waals surface area contributed by atoms with Crippen LogP contribution in [0.15, 0.2) is 0 Å². The van der Waals surface area contributed by atoms with Crippen LogP contribution in [0.4, 0.5) is 4.79 Å². The van der Waals surface area contributed by atoms with Crippen molar-refractivity contribution in [1.29, 1.82) is 0 Å². The molecule has 6 nitrogen and oxygen atoms in total. The molecule has 0 fully saturated rings. The third-order valence-electron chi connectivity index (χ3n) is 3.06. The second-order valence-corrected chi connectivity index (χ2v) is 4.68. The lowest BCUT2D eigenvalue weighted by molar-refractivity contribution is -0.0541. The summed E-state index contributed by atoms with van der Waals surface area (Å²) in [5.41, 5.74) is 0. The number of ether oxygens (including phenoxy) is 4. The summed E-state index contributed by atoms with van der Waals surface area (Å²) in [6, 6.07) is 0. The van der Waals surface area contributed by atoms with Gasteiger partial charge in [0.15, 0.2) is 0 Å². The predicted molar refractivity (Wildman–Crippen MR) is 79.8 cm³/mol. The molecule has 0 aromatic heterocycles. The van der Waals surface area contributed by atoms with Gasteiger partial charge in [-0.3, -0.25) is 0 Å². The predicted octanol–water partition coefficient (Wildman–Crippen LogP) is 3.09. The zero-order valence-electron chi connectivity index (χ0n) is 13.5. The summed E-state index contributed by atoms with van der Waals surface area (Å²) < 4.78 is 21.3. The van der Waals surface area contributed by atoms with E-state index in [2.05, 4.69) is 11.7 Å². The first-order valence-electron chi connectivity index (χ1n) is 7.80. The van der Waals surface area contributed by atoms with Gasteiger partial charge in [0.25, 0.3) is 0 Å². The van der Waals surface area contributed by atoms with E-state index in [0.29, 0.717) is 32.8 Å². The van der Waals surface area contributed by atoms with E-state index < -0.39 is 6.16 Å². The summed E-state index contributed by atoms with van der Waals surface area (Å²) in [7, 11) is 0. The highest BCUT2D eigenvalue weighted by Crippen LogP contribution is 2.10. The molecule has 0 aromatic rings. The van der Waals surface area contributed by atoms with Crippen LogP contribution in [0.2, 0.25) is 0 Å². The minimum absolute atomic E-state index is 0.0449. The molecule has 0 amide bonds. The molecule has 0 aliphatic carbocycles. The molecule has 0 rings (SSSR count). The summed E-state index contributed by atoms with van der Waals surface area (Å²) in [6.45, 7) is 8.76. The molecule has 0 bridgehead atoms. The second kappa shape index (κ2) is 14.1. The van der Waals surface area contributed by atoms with Crippen molar-refractivity contribution in [1.82, 2.24) is 0 Å². The molecule has 0 spiro atoms. The summed E-state index contributed by atoms with van der Waals surface area (Å²) in [6.07, 6.45) is 2.03. The molecule has 21 heavy (non-hydrogen) atoms. The maximum Gasteiger partial charge on any atom is 0.505 e. The van der Waals surface area contributed by atoms with Gasteiger partial charge in [-0.1, -0.05) is 6.92 Å². The van der Waals surface area contributed by atoms with Crippen molar-refractivity contribution in [3.05, 3.63) is 0 Å². The number of rotatable bonds is 14. The Morgan fingerprint density at radius 3 is 2.33 bits per heavy atom. The van der Waals surface area contributed by atoms with E-state index in [9.17, 15) is 4.79 Å². The van der Waals surface area contributed by atoms with Gasteiger partial charge in [-0.15, -0.1) is 0 Å². The molecule has 0 saturated carbocycles. The van der Waals surface area contributed by atoms with E-state index in [-0.39, 0.29) is 18.8 Å². The molecule has 6 heteroatoms. The van der Waals surface area contributed by atoms with Crippen LogP contribution in [0, 0.1) is 0 Å². The normalized spacial score (nSPS) is 13.9. The Hall–Kier alpha value is -0.850. The third-order valence-corrected chi connectivity index (χ3v) is 3.06. The van der Waals surface area contributed by atoms with E-state index in [1.807, 2.05) is 13.8 Å². The van der Waals surface area contributed by atoms with Crippen molar-refractivity contribution in [2.45, 2.75) is 58.7 Å². The average molecular weight is 306 g/mol. The lowest BCUT2D eigenvalue weighted by Gasteiger charge is -2.21. The molecule has 0 aromatic carbocycles. The Labute approximate surface area is 127 Å². The molecule has 126 valence electrons. The Kier molecular flexibility index (Phi) is 13.5. The molecule has 2 atom stereocenters. The van der Waals surface area contributed by atoms with Gasteiger partial charge in [0.2, 0.25) is 0 Å². The van der Waals surface area contributed by atoms with Crippen molar-refractivity contribution in [3.63, 3.8) is 0 Å². The van der Waals surface area contributed by atoms with Gasteiger partial charge in [0.1, 0.15) is 0 Å². The van der Waals surface area contributed by atoms with Crippen molar-refractivity contribution in [2.24, 2.45) is 0 Å². The summed E-state index contributed by atoms with van der Waals surface area (Å²) in [5, 5.41) is 8.43. The molecule has 0 radical (unpaired) electrons. The summed E-state index contributed by atoms with van der Waals surface area (Å²) in [5.74, 6) is 0. The van der Waals surface area contributed by atoms with Crippen LogP contribution in [0.1, 0.15) is 46.5 Å². The highest BCUT2D eigenvalue weighted by atomic mass is 16.7. The molecule has 0 aliphatic rings. The van der Waals surface area contributed by atoms with Crippen LogP contribution in [0.5, 0.6) is 0 Å². The van der Waals surface area contributed by atoms with E-state index in [1.54, 1.807) is 0 Å². The first kappa shape index (κ1) is 20.1. The molecule has 0 heterocycles. The van der Waals surface area contributed by atoms with Crippen molar-refractivity contribution < 1.29 is 28.8 Å². The summed E-state index contributed by atoms with van der Waals surface area (Å²) in [4.78, 5) is 10.3. The van der Waals surface area contributed by atoms with E-state index in [0.717, 1.165) is 19.3 Å². The average Bonchev–Trinajstić information content (AvgIpc) is 2.46. The molecule has 1 N–H and O–H groups in total. The number of hydrogen-bond acceptors (Lipinski definition) is 5. The minimum Gasteiger partial charge on any atom is -0.450 e. The van der Waals surface area contributed by atoms with Crippen LogP contribution in [0.25, 0.3) is 0 Å². The Bertz CT molecular complexity index is 246. The van der Waals surface area contributed by atoms with Crippen molar-refractivity contribution >= 4 is 6.16 Å². The fourth-order valence-corrected chi connectivity index (χ4v) is 1.90. The number of carboxylic acid groups (broad SMARTS) is 1. The first-order valence-corrected chi connectivity index (χ1v) is 7.80. The zero-order chi connectivity index (χ0) is 15.9. The smallest absolute Gasteiger partial charge is 0.450 e. The Balaban J connectivity index is 4.02. The van der Waals surface area contributed by atoms with Crippen LogP contribution in [0.3, 0.4) is 0 Å². The molecular formula is C15H30O6. The highest BCUT2D eigenvalue weighted by molar-refractivity contribution is 5.56. The Morgan fingerprint density at radius 1 is 1.00 bits per heavy atom. The van der Waals surface area contributed by atoms with Gasteiger partial charge in [-0.05, 0) is 39.5 Å². The van der Waals surface area contributed by atoms with Crippen LogP contribution in [-0.2, 0) is 18.9 Å². The summed E-state index contributed by atoms with van der Waals surface area (Å²) >= 11 is 0. The number of hydrogen-bond donors (Lipinski definition) is 1. The van der Waals surface area contributed by atoms with Gasteiger partial charge in [-0.25, -0.2) is 4.79 Å². The van der Waals surface area contributed by atoms with Gasteiger partial charge in [0.05, 0.1) is 25.4 Å². The molecule has 2 unspecified atom stereocenters. The molecule has 0 saturated heterocycles. The topological polar surface area (TPSA) is 74.2 Å². The molecule has 0 aliphatic heterocycles. The fraction of sp³-hybridized carbons (Fsp3) is 0.933. The lowest BCUT2D eigenvalue weighted by atomic mass is 10.1. The van der Waals surface area contributed by atoms with Crippen LogP contribution >= 0.6 is 0 Å². The minimum atomic E-state index is -1.23. The van der Waals surface area contributed by atoms with E-state index in [4.69, 9.17) is 19.3 Å². The molecular weight excluding hydrogens is 276 g/mol. The zero-order valence-corrected chi connectivity index (χ0v) is 13.5. The fourth-order valence-electron chi connectivity index (χ4n) is 1.90.